The molecule has 2 fully saturated rings. The standard InChI is InChI=1S/C16H27NO3/c1-2-4-11-7-9-12(10-8-11)17-15(18)13-5-3-6-14(13)16(19)20/h11-14H,2-10H2,1H3,(H,17,18)(H,19,20). The summed E-state index contributed by atoms with van der Waals surface area (Å²) in [4.78, 5) is 23.4. The summed E-state index contributed by atoms with van der Waals surface area (Å²) in [5, 5.41) is 12.3. The summed E-state index contributed by atoms with van der Waals surface area (Å²) < 4.78 is 0. The number of carboxylic acids is 1. The van der Waals surface area contributed by atoms with Gasteiger partial charge in [0.2, 0.25) is 5.91 Å². The zero-order valence-corrected chi connectivity index (χ0v) is 12.4. The number of carbonyl (C=O) groups is 2. The Morgan fingerprint density at radius 2 is 1.70 bits per heavy atom. The molecule has 2 atom stereocenters. The average Bonchev–Trinajstić information content (AvgIpc) is 2.91. The Hall–Kier alpha value is -1.06. The predicted molar refractivity (Wildman–Crippen MR) is 77.3 cm³/mol. The lowest BCUT2D eigenvalue weighted by molar-refractivity contribution is -0.146. The van der Waals surface area contributed by atoms with E-state index in [1.807, 2.05) is 0 Å². The molecule has 0 radical (unpaired) electrons. The van der Waals surface area contributed by atoms with Crippen LogP contribution in [0.25, 0.3) is 0 Å². The van der Waals surface area contributed by atoms with Crippen LogP contribution < -0.4 is 5.32 Å². The molecule has 0 aromatic heterocycles. The van der Waals surface area contributed by atoms with Gasteiger partial charge in [0.1, 0.15) is 0 Å². The lowest BCUT2D eigenvalue weighted by atomic mass is 9.83. The Morgan fingerprint density at radius 1 is 1.05 bits per heavy atom. The molecule has 1 amide bonds. The van der Waals surface area contributed by atoms with Crippen LogP contribution in [0, 0.1) is 17.8 Å². The highest BCUT2D eigenvalue weighted by atomic mass is 16.4. The first-order valence-electron chi connectivity index (χ1n) is 8.15. The van der Waals surface area contributed by atoms with Gasteiger partial charge in [-0.3, -0.25) is 9.59 Å². The van der Waals surface area contributed by atoms with E-state index in [2.05, 4.69) is 12.2 Å². The number of amides is 1. The summed E-state index contributed by atoms with van der Waals surface area (Å²) in [6.07, 6.45) is 9.29. The monoisotopic (exact) mass is 281 g/mol. The van der Waals surface area contributed by atoms with Gasteiger partial charge in [0.05, 0.1) is 11.8 Å². The highest BCUT2D eigenvalue weighted by Crippen LogP contribution is 2.33. The molecule has 0 bridgehead atoms. The lowest BCUT2D eigenvalue weighted by Gasteiger charge is -2.30. The van der Waals surface area contributed by atoms with E-state index >= 15 is 0 Å². The van der Waals surface area contributed by atoms with Crippen molar-refractivity contribution in [3.05, 3.63) is 0 Å². The second-order valence-corrected chi connectivity index (χ2v) is 6.50. The Kier molecular flexibility index (Phi) is 5.44. The molecule has 0 aliphatic heterocycles. The molecule has 0 spiro atoms. The smallest absolute Gasteiger partial charge is 0.307 e. The molecule has 0 aromatic rings. The molecular formula is C16H27NO3. The van der Waals surface area contributed by atoms with Gasteiger partial charge in [-0.2, -0.15) is 0 Å². The van der Waals surface area contributed by atoms with Crippen molar-refractivity contribution < 1.29 is 14.7 Å². The van der Waals surface area contributed by atoms with Crippen LogP contribution >= 0.6 is 0 Å². The quantitative estimate of drug-likeness (QED) is 0.814. The molecule has 2 aliphatic carbocycles. The SMILES string of the molecule is CCCC1CCC(NC(=O)C2CCCC2C(=O)O)CC1. The molecule has 4 heteroatoms. The third-order valence-corrected chi connectivity index (χ3v) is 5.06. The van der Waals surface area contributed by atoms with E-state index in [0.29, 0.717) is 6.42 Å². The molecule has 2 saturated carbocycles. The highest BCUT2D eigenvalue weighted by Gasteiger charge is 2.38. The topological polar surface area (TPSA) is 66.4 Å². The van der Waals surface area contributed by atoms with Crippen molar-refractivity contribution >= 4 is 11.9 Å². The van der Waals surface area contributed by atoms with Crippen LogP contribution in [-0.2, 0) is 9.59 Å². The van der Waals surface area contributed by atoms with Gasteiger partial charge in [0.15, 0.2) is 0 Å². The first-order valence-corrected chi connectivity index (χ1v) is 8.15. The average molecular weight is 281 g/mol. The van der Waals surface area contributed by atoms with Gasteiger partial charge in [-0.1, -0.05) is 26.2 Å². The van der Waals surface area contributed by atoms with Gasteiger partial charge in [-0.15, -0.1) is 0 Å². The van der Waals surface area contributed by atoms with Crippen LogP contribution in [0.3, 0.4) is 0 Å². The Labute approximate surface area is 121 Å². The summed E-state index contributed by atoms with van der Waals surface area (Å²) in [5.41, 5.74) is 0. The van der Waals surface area contributed by atoms with Crippen LogP contribution in [-0.4, -0.2) is 23.0 Å². The summed E-state index contributed by atoms with van der Waals surface area (Å²) in [7, 11) is 0. The fourth-order valence-electron chi connectivity index (χ4n) is 3.88. The molecule has 2 rings (SSSR count). The van der Waals surface area contributed by atoms with Crippen molar-refractivity contribution in [1.82, 2.24) is 5.32 Å². The maximum absolute atomic E-state index is 12.3. The zero-order chi connectivity index (χ0) is 14.5. The van der Waals surface area contributed by atoms with Gasteiger partial charge < -0.3 is 10.4 Å². The molecule has 2 aliphatic rings. The minimum atomic E-state index is -0.811. The van der Waals surface area contributed by atoms with E-state index in [4.69, 9.17) is 5.11 Å². The van der Waals surface area contributed by atoms with Gasteiger partial charge in [-0.25, -0.2) is 0 Å². The van der Waals surface area contributed by atoms with E-state index in [-0.39, 0.29) is 17.9 Å². The number of carbonyl (C=O) groups excluding carboxylic acids is 1. The minimum Gasteiger partial charge on any atom is -0.481 e. The maximum Gasteiger partial charge on any atom is 0.307 e. The van der Waals surface area contributed by atoms with Gasteiger partial charge in [0, 0.05) is 6.04 Å². The number of nitrogens with one attached hydrogen (secondary N) is 1. The van der Waals surface area contributed by atoms with Crippen molar-refractivity contribution in [2.24, 2.45) is 17.8 Å². The molecule has 2 N–H and O–H groups in total. The first kappa shape index (κ1) is 15.3. The third-order valence-electron chi connectivity index (χ3n) is 5.06. The van der Waals surface area contributed by atoms with Crippen molar-refractivity contribution in [2.75, 3.05) is 0 Å². The number of hydrogen-bond donors (Lipinski definition) is 2. The van der Waals surface area contributed by atoms with Crippen molar-refractivity contribution in [3.63, 3.8) is 0 Å². The van der Waals surface area contributed by atoms with Crippen molar-refractivity contribution in [3.8, 4) is 0 Å². The molecule has 114 valence electrons. The van der Waals surface area contributed by atoms with Gasteiger partial charge in [0.25, 0.3) is 0 Å². The molecule has 20 heavy (non-hydrogen) atoms. The maximum atomic E-state index is 12.3. The summed E-state index contributed by atoms with van der Waals surface area (Å²) in [6, 6.07) is 0.269. The molecule has 4 nitrogen and oxygen atoms in total. The first-order chi connectivity index (χ1) is 9.61. The fourth-order valence-corrected chi connectivity index (χ4v) is 3.88. The van der Waals surface area contributed by atoms with Gasteiger partial charge in [-0.05, 0) is 44.4 Å². The van der Waals surface area contributed by atoms with Crippen LogP contribution in [0.4, 0.5) is 0 Å². The van der Waals surface area contributed by atoms with Crippen molar-refractivity contribution in [2.45, 2.75) is 70.8 Å². The summed E-state index contributed by atoms with van der Waals surface area (Å²) in [5.74, 6) is -0.776. The Morgan fingerprint density at radius 3 is 2.30 bits per heavy atom. The molecule has 0 saturated heterocycles. The van der Waals surface area contributed by atoms with E-state index < -0.39 is 11.9 Å². The normalized spacial score (nSPS) is 33.9. The number of carboxylic acid groups (broad SMARTS) is 1. The molecule has 0 aromatic carbocycles. The molecule has 2 unspecified atom stereocenters. The van der Waals surface area contributed by atoms with E-state index in [1.54, 1.807) is 0 Å². The molecule has 0 heterocycles. The minimum absolute atomic E-state index is 0.0196. The number of hydrogen-bond acceptors (Lipinski definition) is 2. The second kappa shape index (κ2) is 7.09. The number of rotatable bonds is 5. The Balaban J connectivity index is 1.79. The summed E-state index contributed by atoms with van der Waals surface area (Å²) in [6.45, 7) is 2.22. The van der Waals surface area contributed by atoms with E-state index in [9.17, 15) is 9.59 Å². The van der Waals surface area contributed by atoms with E-state index in [0.717, 1.165) is 31.6 Å². The van der Waals surface area contributed by atoms with Crippen LogP contribution in [0.2, 0.25) is 0 Å². The Bertz CT molecular complexity index is 348. The van der Waals surface area contributed by atoms with Crippen LogP contribution in [0.5, 0.6) is 0 Å². The zero-order valence-electron chi connectivity index (χ0n) is 12.4. The van der Waals surface area contributed by atoms with Crippen LogP contribution in [0.15, 0.2) is 0 Å². The van der Waals surface area contributed by atoms with Gasteiger partial charge >= 0.3 is 5.97 Å². The van der Waals surface area contributed by atoms with E-state index in [1.165, 1.54) is 25.7 Å². The number of aliphatic carboxylic acids is 1. The third kappa shape index (κ3) is 3.74. The highest BCUT2D eigenvalue weighted by molar-refractivity contribution is 5.85. The second-order valence-electron chi connectivity index (χ2n) is 6.50. The van der Waals surface area contributed by atoms with Crippen molar-refractivity contribution in [1.29, 1.82) is 0 Å². The van der Waals surface area contributed by atoms with Crippen LogP contribution in [0.1, 0.15) is 64.7 Å². The largest absolute Gasteiger partial charge is 0.481 e. The lowest BCUT2D eigenvalue weighted by Crippen LogP contribution is -2.42. The summed E-state index contributed by atoms with van der Waals surface area (Å²) >= 11 is 0. The predicted octanol–water partition coefficient (Wildman–Crippen LogP) is 2.96. The molecular weight excluding hydrogens is 254 g/mol. The fraction of sp³-hybridized carbons (Fsp3) is 0.875.